The van der Waals surface area contributed by atoms with Crippen molar-refractivity contribution in [2.24, 2.45) is 0 Å². The molecule has 0 bridgehead atoms. The van der Waals surface area contributed by atoms with E-state index in [0.717, 1.165) is 5.56 Å². The average Bonchev–Trinajstić information content (AvgIpc) is 2.80. The number of halogens is 1. The van der Waals surface area contributed by atoms with E-state index in [2.05, 4.69) is 14.8 Å². The van der Waals surface area contributed by atoms with Gasteiger partial charge in [-0.2, -0.15) is 0 Å². The number of aromatic nitrogens is 2. The third-order valence-electron chi connectivity index (χ3n) is 5.65. The summed E-state index contributed by atoms with van der Waals surface area (Å²) in [4.78, 5) is 26.3. The van der Waals surface area contributed by atoms with Gasteiger partial charge in [0.1, 0.15) is 12.1 Å². The van der Waals surface area contributed by atoms with Crippen LogP contribution in [0, 0.1) is 12.4 Å². The highest BCUT2D eigenvalue weighted by Crippen LogP contribution is 2.30. The second kappa shape index (κ2) is 8.62. The van der Waals surface area contributed by atoms with Crippen molar-refractivity contribution >= 4 is 11.6 Å². The molecule has 1 saturated heterocycles. The first-order valence-corrected chi connectivity index (χ1v) is 10.0. The number of piperidine rings is 1. The van der Waals surface area contributed by atoms with Crippen molar-refractivity contribution in [2.45, 2.75) is 24.9 Å². The van der Waals surface area contributed by atoms with Crippen LogP contribution >= 0.6 is 0 Å². The lowest BCUT2D eigenvalue weighted by Crippen LogP contribution is -2.47. The molecule has 0 atom stereocenters. The molecule has 31 heavy (non-hydrogen) atoms. The van der Waals surface area contributed by atoms with E-state index in [1.54, 1.807) is 35.4 Å². The Morgan fingerprint density at radius 1 is 1.16 bits per heavy atom. The summed E-state index contributed by atoms with van der Waals surface area (Å²) in [5, 5.41) is 11.0. The van der Waals surface area contributed by atoms with Crippen molar-refractivity contribution in [3.63, 3.8) is 0 Å². The van der Waals surface area contributed by atoms with Crippen LogP contribution in [0.3, 0.4) is 0 Å². The fourth-order valence-corrected chi connectivity index (χ4v) is 3.91. The Morgan fingerprint density at radius 2 is 1.90 bits per heavy atom. The Hall–Kier alpha value is -3.63. The minimum absolute atomic E-state index is 0.249. The maximum absolute atomic E-state index is 13.9. The Balaban J connectivity index is 1.48. The van der Waals surface area contributed by atoms with Crippen LogP contribution in [0.1, 0.15) is 28.8 Å². The second-order valence-electron chi connectivity index (χ2n) is 7.76. The molecule has 0 saturated carbocycles. The van der Waals surface area contributed by atoms with Gasteiger partial charge in [-0.3, -0.25) is 4.79 Å². The molecule has 1 aliphatic heterocycles. The Bertz CT molecular complexity index is 1120. The number of benzene rings is 2. The van der Waals surface area contributed by atoms with E-state index >= 15 is 0 Å². The summed E-state index contributed by atoms with van der Waals surface area (Å²) < 4.78 is 13.9. The highest BCUT2D eigenvalue weighted by molar-refractivity contribution is 6.00. The summed E-state index contributed by atoms with van der Waals surface area (Å²) in [5.41, 5.74) is 1.94. The van der Waals surface area contributed by atoms with Crippen LogP contribution in [0.5, 0.6) is 0 Å². The molecule has 3 aromatic rings. The standard InChI is InChI=1S/C24H21FN4O2/c1-26-19-5-2-17(3-6-19)15-24(31)9-12-29(13-10-24)23(30)21-14-18(25)4-7-20(21)22-8-11-27-16-28-22/h2-8,11,14,16,31H,9-10,12-13,15H2. The van der Waals surface area contributed by atoms with Crippen LogP contribution in [-0.4, -0.2) is 44.6 Å². The summed E-state index contributed by atoms with van der Waals surface area (Å²) in [7, 11) is 0. The Labute approximate surface area is 179 Å². The van der Waals surface area contributed by atoms with Crippen molar-refractivity contribution in [1.29, 1.82) is 0 Å². The van der Waals surface area contributed by atoms with Gasteiger partial charge in [0.2, 0.25) is 0 Å². The van der Waals surface area contributed by atoms with Crippen LogP contribution in [0.2, 0.25) is 0 Å². The predicted octanol–water partition coefficient (Wildman–Crippen LogP) is 4.04. The molecule has 2 aromatic carbocycles. The second-order valence-corrected chi connectivity index (χ2v) is 7.76. The molecule has 1 aliphatic rings. The van der Waals surface area contributed by atoms with Gasteiger partial charge in [-0.1, -0.05) is 24.3 Å². The van der Waals surface area contributed by atoms with Crippen molar-refractivity contribution < 1.29 is 14.3 Å². The van der Waals surface area contributed by atoms with Gasteiger partial charge in [0.25, 0.3) is 5.91 Å². The number of hydrogen-bond acceptors (Lipinski definition) is 4. The summed E-state index contributed by atoms with van der Waals surface area (Å²) in [5.74, 6) is -0.769. The molecular weight excluding hydrogens is 395 g/mol. The third-order valence-corrected chi connectivity index (χ3v) is 5.65. The lowest BCUT2D eigenvalue weighted by atomic mass is 9.85. The molecule has 1 aromatic heterocycles. The molecule has 6 nitrogen and oxygen atoms in total. The fraction of sp³-hybridized carbons (Fsp3) is 0.250. The minimum atomic E-state index is -0.923. The molecule has 4 rings (SSSR count). The number of rotatable bonds is 4. The molecule has 1 N–H and O–H groups in total. The molecule has 0 aliphatic carbocycles. The third kappa shape index (κ3) is 4.60. The van der Waals surface area contributed by atoms with E-state index in [9.17, 15) is 14.3 Å². The first-order valence-electron chi connectivity index (χ1n) is 10.0. The highest BCUT2D eigenvalue weighted by atomic mass is 19.1. The van der Waals surface area contributed by atoms with Gasteiger partial charge < -0.3 is 10.0 Å². The van der Waals surface area contributed by atoms with Crippen LogP contribution in [0.15, 0.2) is 61.1 Å². The first-order chi connectivity index (χ1) is 15.0. The minimum Gasteiger partial charge on any atom is -0.389 e. The predicted molar refractivity (Wildman–Crippen MR) is 114 cm³/mol. The Kier molecular flexibility index (Phi) is 5.74. The topological polar surface area (TPSA) is 70.7 Å². The van der Waals surface area contributed by atoms with E-state index in [1.807, 2.05) is 12.1 Å². The van der Waals surface area contributed by atoms with Gasteiger partial charge in [0.15, 0.2) is 5.69 Å². The summed E-state index contributed by atoms with van der Waals surface area (Å²) in [6.07, 6.45) is 4.26. The zero-order valence-electron chi connectivity index (χ0n) is 16.8. The SMILES string of the molecule is [C-]#[N+]c1ccc(CC2(O)CCN(C(=O)c3cc(F)ccc3-c3ccncn3)CC2)cc1. The molecule has 7 heteroatoms. The van der Waals surface area contributed by atoms with Crippen LogP contribution in [-0.2, 0) is 6.42 Å². The summed E-state index contributed by atoms with van der Waals surface area (Å²) >= 11 is 0. The number of likely N-dealkylation sites (tertiary alicyclic amines) is 1. The van der Waals surface area contributed by atoms with Crippen molar-refractivity contribution in [3.8, 4) is 11.3 Å². The van der Waals surface area contributed by atoms with Gasteiger partial charge in [-0.05, 0) is 42.7 Å². The van der Waals surface area contributed by atoms with Crippen molar-refractivity contribution in [2.75, 3.05) is 13.1 Å². The molecule has 1 amide bonds. The first kappa shape index (κ1) is 20.6. The van der Waals surface area contributed by atoms with Gasteiger partial charge >= 0.3 is 0 Å². The summed E-state index contributed by atoms with van der Waals surface area (Å²) in [6.45, 7) is 7.77. The van der Waals surface area contributed by atoms with E-state index in [0.29, 0.717) is 49.3 Å². The normalized spacial score (nSPS) is 15.3. The summed E-state index contributed by atoms with van der Waals surface area (Å²) in [6, 6.07) is 13.0. The molecular formula is C24H21FN4O2. The van der Waals surface area contributed by atoms with Gasteiger partial charge in [-0.25, -0.2) is 19.2 Å². The number of nitrogens with zero attached hydrogens (tertiary/aromatic N) is 4. The maximum atomic E-state index is 13.9. The van der Waals surface area contributed by atoms with Crippen molar-refractivity contribution in [3.05, 3.63) is 89.4 Å². The number of amides is 1. The molecule has 2 heterocycles. The van der Waals surface area contributed by atoms with E-state index in [4.69, 9.17) is 6.57 Å². The average molecular weight is 416 g/mol. The zero-order chi connectivity index (χ0) is 21.8. The fourth-order valence-electron chi connectivity index (χ4n) is 3.91. The zero-order valence-corrected chi connectivity index (χ0v) is 16.8. The molecule has 0 spiro atoms. The van der Waals surface area contributed by atoms with Gasteiger partial charge in [0.05, 0.1) is 23.4 Å². The molecule has 0 radical (unpaired) electrons. The molecule has 0 unspecified atom stereocenters. The smallest absolute Gasteiger partial charge is 0.254 e. The van der Waals surface area contributed by atoms with Crippen LogP contribution in [0.25, 0.3) is 16.1 Å². The van der Waals surface area contributed by atoms with E-state index in [-0.39, 0.29) is 11.5 Å². The van der Waals surface area contributed by atoms with Gasteiger partial charge in [0, 0.05) is 31.3 Å². The highest BCUT2D eigenvalue weighted by Gasteiger charge is 2.35. The number of aliphatic hydroxyl groups is 1. The lowest BCUT2D eigenvalue weighted by molar-refractivity contribution is -0.0162. The monoisotopic (exact) mass is 416 g/mol. The molecule has 156 valence electrons. The largest absolute Gasteiger partial charge is 0.389 e. The molecule has 1 fully saturated rings. The van der Waals surface area contributed by atoms with Crippen LogP contribution in [0.4, 0.5) is 10.1 Å². The van der Waals surface area contributed by atoms with Gasteiger partial charge in [-0.15, -0.1) is 0 Å². The number of hydrogen-bond donors (Lipinski definition) is 1. The van der Waals surface area contributed by atoms with E-state index in [1.165, 1.54) is 18.5 Å². The number of carbonyl (C=O) groups excluding carboxylic acids is 1. The maximum Gasteiger partial charge on any atom is 0.254 e. The van der Waals surface area contributed by atoms with Crippen LogP contribution < -0.4 is 0 Å². The Morgan fingerprint density at radius 3 is 2.55 bits per heavy atom. The lowest BCUT2D eigenvalue weighted by Gasteiger charge is -2.38. The van der Waals surface area contributed by atoms with Crippen molar-refractivity contribution in [1.82, 2.24) is 14.9 Å². The quantitative estimate of drug-likeness (QED) is 0.652. The van der Waals surface area contributed by atoms with E-state index < -0.39 is 11.4 Å². The number of carbonyl (C=O) groups is 1.